The summed E-state index contributed by atoms with van der Waals surface area (Å²) in [5.41, 5.74) is 2.36. The maximum absolute atomic E-state index is 5.42. The van der Waals surface area contributed by atoms with Gasteiger partial charge in [0.2, 0.25) is 0 Å². The van der Waals surface area contributed by atoms with Gasteiger partial charge in [0.1, 0.15) is 12.2 Å². The first kappa shape index (κ1) is 19.9. The van der Waals surface area contributed by atoms with Crippen molar-refractivity contribution < 1.29 is 4.74 Å². The lowest BCUT2D eigenvalue weighted by Gasteiger charge is -2.12. The highest BCUT2D eigenvalue weighted by molar-refractivity contribution is 5.79. The standard InChI is InChI=1S/C19H30N6O/c1-4-18-24-23-15-25(18)12-11-21-19(20-5-2)22-13-16-7-9-17(10-8-16)14-26-6-3/h7-10,15H,4-6,11-14H2,1-3H3,(H2,20,21,22). The van der Waals surface area contributed by atoms with Gasteiger partial charge in [-0.2, -0.15) is 0 Å². The molecule has 7 heteroatoms. The van der Waals surface area contributed by atoms with Crippen LogP contribution in [0.15, 0.2) is 35.6 Å². The predicted molar refractivity (Wildman–Crippen MR) is 104 cm³/mol. The fraction of sp³-hybridized carbons (Fsp3) is 0.526. The van der Waals surface area contributed by atoms with Gasteiger partial charge in [-0.05, 0) is 25.0 Å². The molecule has 0 saturated carbocycles. The summed E-state index contributed by atoms with van der Waals surface area (Å²) in [5.74, 6) is 1.82. The maximum Gasteiger partial charge on any atom is 0.191 e. The van der Waals surface area contributed by atoms with Crippen LogP contribution in [0.2, 0.25) is 0 Å². The van der Waals surface area contributed by atoms with Crippen LogP contribution in [0.5, 0.6) is 0 Å². The van der Waals surface area contributed by atoms with Crippen LogP contribution >= 0.6 is 0 Å². The Bertz CT molecular complexity index is 665. The molecule has 0 atom stereocenters. The molecule has 26 heavy (non-hydrogen) atoms. The molecule has 0 aliphatic carbocycles. The average molecular weight is 358 g/mol. The van der Waals surface area contributed by atoms with Crippen molar-refractivity contribution in [3.63, 3.8) is 0 Å². The molecule has 2 N–H and O–H groups in total. The molecule has 0 radical (unpaired) electrons. The third-order valence-electron chi connectivity index (χ3n) is 3.92. The molecule has 0 aliphatic heterocycles. The second kappa shape index (κ2) is 11.3. The van der Waals surface area contributed by atoms with E-state index in [4.69, 9.17) is 4.74 Å². The minimum atomic E-state index is 0.636. The van der Waals surface area contributed by atoms with E-state index in [1.807, 2.05) is 6.92 Å². The fourth-order valence-electron chi connectivity index (χ4n) is 2.51. The summed E-state index contributed by atoms with van der Waals surface area (Å²) in [6.07, 6.45) is 2.65. The molecule has 0 saturated heterocycles. The first-order chi connectivity index (χ1) is 12.8. The van der Waals surface area contributed by atoms with Crippen LogP contribution in [-0.4, -0.2) is 40.4 Å². The van der Waals surface area contributed by atoms with Gasteiger partial charge in [-0.25, -0.2) is 4.99 Å². The molecule has 0 unspecified atom stereocenters. The van der Waals surface area contributed by atoms with Gasteiger partial charge in [-0.3, -0.25) is 0 Å². The van der Waals surface area contributed by atoms with Crippen molar-refractivity contribution in [1.82, 2.24) is 25.4 Å². The summed E-state index contributed by atoms with van der Waals surface area (Å²) in [7, 11) is 0. The molecular formula is C19H30N6O. The van der Waals surface area contributed by atoms with E-state index in [0.29, 0.717) is 13.2 Å². The minimum Gasteiger partial charge on any atom is -0.377 e. The van der Waals surface area contributed by atoms with Crippen molar-refractivity contribution in [3.05, 3.63) is 47.5 Å². The minimum absolute atomic E-state index is 0.636. The normalized spacial score (nSPS) is 11.6. The molecule has 1 aromatic carbocycles. The monoisotopic (exact) mass is 358 g/mol. The lowest BCUT2D eigenvalue weighted by atomic mass is 10.1. The summed E-state index contributed by atoms with van der Waals surface area (Å²) < 4.78 is 7.49. The van der Waals surface area contributed by atoms with Gasteiger partial charge < -0.3 is 19.9 Å². The third-order valence-corrected chi connectivity index (χ3v) is 3.92. The van der Waals surface area contributed by atoms with Crippen molar-refractivity contribution >= 4 is 5.96 Å². The number of hydrogen-bond donors (Lipinski definition) is 2. The third kappa shape index (κ3) is 6.48. The Morgan fingerprint density at radius 3 is 2.58 bits per heavy atom. The van der Waals surface area contributed by atoms with Gasteiger partial charge >= 0.3 is 0 Å². The number of benzene rings is 1. The molecule has 0 amide bonds. The molecule has 0 bridgehead atoms. The van der Waals surface area contributed by atoms with E-state index in [1.54, 1.807) is 6.33 Å². The number of hydrogen-bond acceptors (Lipinski definition) is 4. The number of aryl methyl sites for hydroxylation is 1. The Hall–Kier alpha value is -2.41. The summed E-state index contributed by atoms with van der Waals surface area (Å²) >= 11 is 0. The van der Waals surface area contributed by atoms with Crippen LogP contribution < -0.4 is 10.6 Å². The Morgan fingerprint density at radius 1 is 1.12 bits per heavy atom. The van der Waals surface area contributed by atoms with Crippen LogP contribution in [0.3, 0.4) is 0 Å². The molecule has 7 nitrogen and oxygen atoms in total. The summed E-state index contributed by atoms with van der Waals surface area (Å²) in [5, 5.41) is 14.7. The largest absolute Gasteiger partial charge is 0.377 e. The van der Waals surface area contributed by atoms with E-state index in [9.17, 15) is 0 Å². The highest BCUT2D eigenvalue weighted by Gasteiger charge is 2.02. The van der Waals surface area contributed by atoms with Gasteiger partial charge in [0.05, 0.1) is 13.2 Å². The van der Waals surface area contributed by atoms with E-state index in [0.717, 1.165) is 44.4 Å². The number of rotatable bonds is 10. The Morgan fingerprint density at radius 2 is 1.88 bits per heavy atom. The van der Waals surface area contributed by atoms with Crippen LogP contribution in [0.4, 0.5) is 0 Å². The van der Waals surface area contributed by atoms with Crippen molar-refractivity contribution in [3.8, 4) is 0 Å². The maximum atomic E-state index is 5.42. The van der Waals surface area contributed by atoms with Gasteiger partial charge in [-0.1, -0.05) is 31.2 Å². The zero-order valence-electron chi connectivity index (χ0n) is 16.0. The van der Waals surface area contributed by atoms with Gasteiger partial charge in [0.25, 0.3) is 0 Å². The van der Waals surface area contributed by atoms with E-state index in [1.165, 1.54) is 11.1 Å². The molecule has 0 spiro atoms. The van der Waals surface area contributed by atoms with Crippen LogP contribution in [0.25, 0.3) is 0 Å². The number of guanidine groups is 1. The Kier molecular flexibility index (Phi) is 8.62. The van der Waals surface area contributed by atoms with Gasteiger partial charge in [0.15, 0.2) is 5.96 Å². The van der Waals surface area contributed by atoms with Crippen LogP contribution in [0, 0.1) is 0 Å². The molecule has 0 fully saturated rings. The zero-order chi connectivity index (χ0) is 18.6. The SMILES string of the molecule is CCNC(=NCc1ccc(COCC)cc1)NCCn1cnnc1CC. The van der Waals surface area contributed by atoms with E-state index < -0.39 is 0 Å². The van der Waals surface area contributed by atoms with Gasteiger partial charge in [0, 0.05) is 32.7 Å². The summed E-state index contributed by atoms with van der Waals surface area (Å²) in [6, 6.07) is 8.40. The highest BCUT2D eigenvalue weighted by Crippen LogP contribution is 2.07. The average Bonchev–Trinajstić information content (AvgIpc) is 3.12. The number of nitrogens with one attached hydrogen (secondary N) is 2. The number of aromatic nitrogens is 3. The lowest BCUT2D eigenvalue weighted by Crippen LogP contribution is -2.38. The summed E-state index contributed by atoms with van der Waals surface area (Å²) in [6.45, 7) is 10.6. The topological polar surface area (TPSA) is 76.4 Å². The first-order valence-corrected chi connectivity index (χ1v) is 9.31. The molecule has 142 valence electrons. The molecule has 2 aromatic rings. The second-order valence-electron chi connectivity index (χ2n) is 5.87. The highest BCUT2D eigenvalue weighted by atomic mass is 16.5. The second-order valence-corrected chi connectivity index (χ2v) is 5.87. The Labute approximate surface area is 155 Å². The molecular weight excluding hydrogens is 328 g/mol. The zero-order valence-corrected chi connectivity index (χ0v) is 16.0. The lowest BCUT2D eigenvalue weighted by molar-refractivity contribution is 0.134. The molecule has 1 heterocycles. The van der Waals surface area contributed by atoms with E-state index in [-0.39, 0.29) is 0 Å². The van der Waals surface area contributed by atoms with Crippen molar-refractivity contribution in [2.75, 3.05) is 19.7 Å². The van der Waals surface area contributed by atoms with Gasteiger partial charge in [-0.15, -0.1) is 10.2 Å². The molecule has 1 aromatic heterocycles. The molecule has 2 rings (SSSR count). The summed E-state index contributed by atoms with van der Waals surface area (Å²) in [4.78, 5) is 4.66. The van der Waals surface area contributed by atoms with Crippen LogP contribution in [0.1, 0.15) is 37.7 Å². The molecule has 0 aliphatic rings. The van der Waals surface area contributed by atoms with E-state index >= 15 is 0 Å². The Balaban J connectivity index is 1.85. The van der Waals surface area contributed by atoms with Crippen molar-refractivity contribution in [2.24, 2.45) is 4.99 Å². The first-order valence-electron chi connectivity index (χ1n) is 9.31. The number of ether oxygens (including phenoxy) is 1. The van der Waals surface area contributed by atoms with Crippen molar-refractivity contribution in [1.29, 1.82) is 0 Å². The fourth-order valence-corrected chi connectivity index (χ4v) is 2.51. The van der Waals surface area contributed by atoms with Crippen molar-refractivity contribution in [2.45, 2.75) is 46.9 Å². The van der Waals surface area contributed by atoms with E-state index in [2.05, 4.69) is 68.5 Å². The smallest absolute Gasteiger partial charge is 0.191 e. The number of aliphatic imine (C=N–C) groups is 1. The number of nitrogens with zero attached hydrogens (tertiary/aromatic N) is 4. The quantitative estimate of drug-likeness (QED) is 0.503. The predicted octanol–water partition coefficient (Wildman–Crippen LogP) is 2.13. The van der Waals surface area contributed by atoms with Crippen LogP contribution in [-0.2, 0) is 30.9 Å².